The van der Waals surface area contributed by atoms with Crippen LogP contribution < -0.4 is 9.64 Å². The van der Waals surface area contributed by atoms with E-state index >= 15 is 0 Å². The van der Waals surface area contributed by atoms with Crippen LogP contribution in [0.3, 0.4) is 0 Å². The molecule has 57 heavy (non-hydrogen) atoms. The van der Waals surface area contributed by atoms with Crippen molar-refractivity contribution < 1.29 is 4.74 Å². The Morgan fingerprint density at radius 2 is 0.895 bits per heavy atom. The van der Waals surface area contributed by atoms with Crippen molar-refractivity contribution >= 4 is 39.1 Å². The first-order valence-corrected chi connectivity index (χ1v) is 19.0. The van der Waals surface area contributed by atoms with Crippen LogP contribution in [0.5, 0.6) is 11.5 Å². The number of hydrogen-bond acceptors (Lipinski definition) is 5. The Balaban J connectivity index is 1.02. The lowest BCUT2D eigenvalue weighted by Crippen LogP contribution is -2.19. The minimum absolute atomic E-state index is 0.512. The maximum absolute atomic E-state index is 6.65. The van der Waals surface area contributed by atoms with Gasteiger partial charge in [0.1, 0.15) is 0 Å². The lowest BCUT2D eigenvalue weighted by atomic mass is 9.97. The van der Waals surface area contributed by atoms with E-state index in [1.54, 1.807) is 0 Å². The van der Waals surface area contributed by atoms with Gasteiger partial charge in [-0.1, -0.05) is 146 Å². The van der Waals surface area contributed by atoms with Crippen molar-refractivity contribution in [3.8, 4) is 62.2 Å². The smallest absolute Gasteiger partial charge is 0.239 e. The summed E-state index contributed by atoms with van der Waals surface area (Å²) in [4.78, 5) is 17.2. The van der Waals surface area contributed by atoms with E-state index in [1.165, 1.54) is 21.8 Å². The Morgan fingerprint density at radius 1 is 0.351 bits per heavy atom. The van der Waals surface area contributed by atoms with Gasteiger partial charge in [0.2, 0.25) is 5.95 Å². The molecule has 0 saturated heterocycles. The molecule has 10 aromatic rings. The maximum atomic E-state index is 6.65. The van der Waals surface area contributed by atoms with E-state index in [9.17, 15) is 0 Å². The summed E-state index contributed by atoms with van der Waals surface area (Å²) >= 11 is 0. The summed E-state index contributed by atoms with van der Waals surface area (Å²) in [5, 5.41) is 2.47. The topological polar surface area (TPSA) is 56.1 Å². The highest BCUT2D eigenvalue weighted by molar-refractivity contribution is 6.10. The monoisotopic (exact) mass is 731 g/mol. The minimum atomic E-state index is 0.512. The van der Waals surface area contributed by atoms with Gasteiger partial charge in [-0.2, -0.15) is 9.97 Å². The van der Waals surface area contributed by atoms with Crippen LogP contribution in [-0.4, -0.2) is 19.5 Å². The zero-order valence-corrected chi connectivity index (χ0v) is 30.7. The normalized spacial score (nSPS) is 12.0. The summed E-state index contributed by atoms with van der Waals surface area (Å²) in [6.07, 6.45) is 0. The summed E-state index contributed by atoms with van der Waals surface area (Å²) in [6, 6.07) is 69.2. The zero-order valence-electron chi connectivity index (χ0n) is 30.7. The zero-order chi connectivity index (χ0) is 37.7. The molecule has 0 fully saturated rings. The van der Waals surface area contributed by atoms with Crippen molar-refractivity contribution in [2.24, 2.45) is 0 Å². The number of aromatic nitrogens is 4. The second-order valence-electron chi connectivity index (χ2n) is 14.1. The third kappa shape index (κ3) is 5.70. The maximum Gasteiger partial charge on any atom is 0.239 e. The summed E-state index contributed by atoms with van der Waals surface area (Å²) < 4.78 is 9.01. The molecule has 11 rings (SSSR count). The lowest BCUT2D eigenvalue weighted by Gasteiger charge is -2.31. The largest absolute Gasteiger partial charge is 0.453 e. The molecular weight excluding hydrogens is 699 g/mol. The van der Waals surface area contributed by atoms with E-state index in [4.69, 9.17) is 19.7 Å². The quantitative estimate of drug-likeness (QED) is 0.170. The molecule has 8 aromatic carbocycles. The van der Waals surface area contributed by atoms with Gasteiger partial charge in [-0.3, -0.25) is 4.90 Å². The number of benzene rings is 8. The molecule has 0 saturated carbocycles. The Bertz CT molecular complexity index is 3050. The van der Waals surface area contributed by atoms with Crippen molar-refractivity contribution in [1.82, 2.24) is 19.5 Å². The third-order valence-electron chi connectivity index (χ3n) is 10.6. The second kappa shape index (κ2) is 13.5. The van der Waals surface area contributed by atoms with Crippen LogP contribution in [0.4, 0.5) is 17.3 Å². The Morgan fingerprint density at radius 3 is 1.63 bits per heavy atom. The Labute approximate surface area is 329 Å². The lowest BCUT2D eigenvalue weighted by molar-refractivity contribution is 0.476. The second-order valence-corrected chi connectivity index (χ2v) is 14.1. The molecule has 3 heterocycles. The van der Waals surface area contributed by atoms with Crippen molar-refractivity contribution in [2.75, 3.05) is 4.90 Å². The predicted molar refractivity (Wildman–Crippen MR) is 231 cm³/mol. The van der Waals surface area contributed by atoms with Gasteiger partial charge in [-0.25, -0.2) is 4.98 Å². The molecule has 0 N–H and O–H groups in total. The van der Waals surface area contributed by atoms with E-state index in [2.05, 4.69) is 125 Å². The van der Waals surface area contributed by atoms with Crippen molar-refractivity contribution in [1.29, 1.82) is 0 Å². The summed E-state index contributed by atoms with van der Waals surface area (Å²) in [5.74, 6) is 3.15. The summed E-state index contributed by atoms with van der Waals surface area (Å²) in [7, 11) is 0. The average Bonchev–Trinajstić information content (AvgIpc) is 3.62. The molecule has 1 aliphatic heterocycles. The van der Waals surface area contributed by atoms with E-state index in [-0.39, 0.29) is 0 Å². The highest BCUT2D eigenvalue weighted by atomic mass is 16.5. The van der Waals surface area contributed by atoms with Gasteiger partial charge in [0, 0.05) is 27.6 Å². The summed E-state index contributed by atoms with van der Waals surface area (Å²) in [6.45, 7) is 0. The molecule has 0 atom stereocenters. The first-order chi connectivity index (χ1) is 28.2. The molecular formula is C51H33N5O. The van der Waals surface area contributed by atoms with Crippen LogP contribution in [0, 0.1) is 0 Å². The Kier molecular flexibility index (Phi) is 7.71. The van der Waals surface area contributed by atoms with Crippen LogP contribution >= 0.6 is 0 Å². The number of hydrogen-bond donors (Lipinski definition) is 0. The van der Waals surface area contributed by atoms with Crippen LogP contribution in [0.25, 0.3) is 72.5 Å². The molecule has 0 bridgehead atoms. The van der Waals surface area contributed by atoms with E-state index in [0.717, 1.165) is 56.2 Å². The molecule has 0 radical (unpaired) electrons. The fourth-order valence-corrected chi connectivity index (χ4v) is 7.93. The third-order valence-corrected chi connectivity index (χ3v) is 10.6. The SMILES string of the molecule is c1ccc(-c2nc(-c3ccccc3)nc(N3c4ccccc4Oc4cc(-c5cccc(-c6ccc7c8ccccc8n(-c8ccccc8)c7c6)c5)ccc43)n2)cc1. The highest BCUT2D eigenvalue weighted by Crippen LogP contribution is 2.51. The first kappa shape index (κ1) is 32.6. The van der Waals surface area contributed by atoms with E-state index in [1.807, 2.05) is 84.9 Å². The molecule has 6 nitrogen and oxygen atoms in total. The van der Waals surface area contributed by atoms with E-state index in [0.29, 0.717) is 23.3 Å². The van der Waals surface area contributed by atoms with Gasteiger partial charge in [0.25, 0.3) is 0 Å². The van der Waals surface area contributed by atoms with Gasteiger partial charge in [-0.05, 0) is 76.9 Å². The number of fused-ring (bicyclic) bond motifs is 5. The number of para-hydroxylation sites is 4. The number of anilines is 3. The van der Waals surface area contributed by atoms with Crippen molar-refractivity contribution in [3.05, 3.63) is 200 Å². The van der Waals surface area contributed by atoms with Gasteiger partial charge in [0.15, 0.2) is 23.1 Å². The van der Waals surface area contributed by atoms with Gasteiger partial charge >= 0.3 is 0 Å². The van der Waals surface area contributed by atoms with Crippen LogP contribution in [0.1, 0.15) is 0 Å². The molecule has 0 spiro atoms. The molecule has 0 unspecified atom stereocenters. The highest BCUT2D eigenvalue weighted by Gasteiger charge is 2.29. The molecule has 268 valence electrons. The summed E-state index contributed by atoms with van der Waals surface area (Å²) in [5.41, 5.74) is 11.5. The van der Waals surface area contributed by atoms with Crippen molar-refractivity contribution in [2.45, 2.75) is 0 Å². The average molecular weight is 732 g/mol. The molecule has 2 aromatic heterocycles. The van der Waals surface area contributed by atoms with E-state index < -0.39 is 0 Å². The minimum Gasteiger partial charge on any atom is -0.453 e. The molecule has 1 aliphatic rings. The van der Waals surface area contributed by atoms with Crippen molar-refractivity contribution in [3.63, 3.8) is 0 Å². The standard InChI is InChI=1S/C51H33N5O/c1-4-15-34(16-5-1)49-52-50(35-17-6-2-7-18-35)54-51(53-49)56-44-25-12-13-26-47(44)57-48-33-39(28-30-45(48)56)37-20-14-19-36(31-37)38-27-29-42-41-23-10-11-24-43(41)55(46(42)32-38)40-21-8-3-9-22-40/h1-33H. The fourth-order valence-electron chi connectivity index (χ4n) is 7.93. The van der Waals surface area contributed by atoms with Gasteiger partial charge in [-0.15, -0.1) is 0 Å². The first-order valence-electron chi connectivity index (χ1n) is 19.0. The van der Waals surface area contributed by atoms with Crippen LogP contribution in [0.15, 0.2) is 200 Å². The number of nitrogens with zero attached hydrogens (tertiary/aromatic N) is 5. The predicted octanol–water partition coefficient (Wildman–Crippen LogP) is 13.2. The molecule has 6 heteroatoms. The number of rotatable bonds is 6. The number of ether oxygens (including phenoxy) is 1. The van der Waals surface area contributed by atoms with Gasteiger partial charge in [0.05, 0.1) is 22.4 Å². The van der Waals surface area contributed by atoms with Crippen LogP contribution in [-0.2, 0) is 0 Å². The molecule has 0 amide bonds. The Hall–Kier alpha value is -7.83. The molecule has 0 aliphatic carbocycles. The van der Waals surface area contributed by atoms with Gasteiger partial charge < -0.3 is 9.30 Å². The van der Waals surface area contributed by atoms with Crippen LogP contribution in [0.2, 0.25) is 0 Å². The fraction of sp³-hybridized carbons (Fsp3) is 0.